The van der Waals surface area contributed by atoms with Gasteiger partial charge >= 0.3 is 12.1 Å². The van der Waals surface area contributed by atoms with E-state index < -0.39 is 29.5 Å². The zero-order chi connectivity index (χ0) is 20.5. The molecule has 0 radical (unpaired) electrons. The van der Waals surface area contributed by atoms with E-state index in [1.165, 1.54) is 0 Å². The van der Waals surface area contributed by atoms with Crippen molar-refractivity contribution < 1.29 is 31.9 Å². The summed E-state index contributed by atoms with van der Waals surface area (Å²) < 4.78 is 68.8. The SMILES string of the molecule is CCC12CCC3C4CCC(=O)C=C4CCC3C1CC[C@]2(O)C(F)(F)C(F)(F)F. The maximum Gasteiger partial charge on any atom is 0.456 e. The molecular weight excluding hydrogens is 379 g/mol. The number of halogens is 5. The number of rotatable bonds is 2. The standard InChI is InChI=1S/C21H27F5O2/c1-2-18-9-7-15-14-6-4-13(27)11-12(14)3-5-16(15)17(18)8-10-19(18,28)20(22,23)21(24,25)26/h11,14-17,28H,2-10H2,1H3/t14?,15?,16?,17?,18?,19-/m1/s1. The highest BCUT2D eigenvalue weighted by atomic mass is 19.4. The summed E-state index contributed by atoms with van der Waals surface area (Å²) in [4.78, 5) is 11.7. The van der Waals surface area contributed by atoms with Crippen LogP contribution in [-0.4, -0.2) is 28.6 Å². The molecule has 0 saturated heterocycles. The van der Waals surface area contributed by atoms with Gasteiger partial charge in [0.2, 0.25) is 0 Å². The van der Waals surface area contributed by atoms with Crippen LogP contribution in [-0.2, 0) is 4.79 Å². The van der Waals surface area contributed by atoms with Crippen LogP contribution < -0.4 is 0 Å². The Morgan fingerprint density at radius 1 is 1.04 bits per heavy atom. The van der Waals surface area contributed by atoms with Gasteiger partial charge in [-0.25, -0.2) is 0 Å². The highest BCUT2D eigenvalue weighted by Crippen LogP contribution is 2.70. The molecule has 7 heteroatoms. The van der Waals surface area contributed by atoms with E-state index in [1.807, 2.05) is 0 Å². The Balaban J connectivity index is 1.70. The molecule has 0 aromatic heterocycles. The van der Waals surface area contributed by atoms with Crippen LogP contribution in [0.25, 0.3) is 0 Å². The Hall–Kier alpha value is -0.980. The van der Waals surface area contributed by atoms with Crippen LogP contribution in [0.5, 0.6) is 0 Å². The molecule has 28 heavy (non-hydrogen) atoms. The summed E-state index contributed by atoms with van der Waals surface area (Å²) in [6, 6.07) is 0. The summed E-state index contributed by atoms with van der Waals surface area (Å²) in [5.74, 6) is -4.81. The van der Waals surface area contributed by atoms with Crippen molar-refractivity contribution in [3.05, 3.63) is 11.6 Å². The molecule has 4 aliphatic carbocycles. The van der Waals surface area contributed by atoms with Crippen LogP contribution in [0, 0.1) is 29.1 Å². The van der Waals surface area contributed by atoms with Gasteiger partial charge in [-0.05, 0) is 81.1 Å². The van der Waals surface area contributed by atoms with Gasteiger partial charge in [-0.3, -0.25) is 4.79 Å². The van der Waals surface area contributed by atoms with Gasteiger partial charge in [0, 0.05) is 11.8 Å². The predicted octanol–water partition coefficient (Wildman–Crippen LogP) is 5.45. The number of hydrogen-bond acceptors (Lipinski definition) is 2. The molecule has 0 aliphatic heterocycles. The Bertz CT molecular complexity index is 699. The van der Waals surface area contributed by atoms with E-state index >= 15 is 0 Å². The second kappa shape index (κ2) is 6.26. The number of allylic oxidation sites excluding steroid dienone is 1. The lowest BCUT2D eigenvalue weighted by Crippen LogP contribution is -2.66. The molecule has 0 amide bonds. The third kappa shape index (κ3) is 2.43. The largest absolute Gasteiger partial charge is 0.456 e. The normalized spacial score (nSPS) is 43.8. The first-order valence-corrected chi connectivity index (χ1v) is 10.4. The van der Waals surface area contributed by atoms with E-state index in [1.54, 1.807) is 13.0 Å². The zero-order valence-corrected chi connectivity index (χ0v) is 16.0. The monoisotopic (exact) mass is 406 g/mol. The van der Waals surface area contributed by atoms with Crippen LogP contribution in [0.2, 0.25) is 0 Å². The second-order valence-corrected chi connectivity index (χ2v) is 9.32. The quantitative estimate of drug-likeness (QED) is 0.620. The molecule has 5 unspecified atom stereocenters. The molecule has 0 aromatic carbocycles. The summed E-state index contributed by atoms with van der Waals surface area (Å²) in [6.07, 6.45) is -0.822. The molecule has 1 N–H and O–H groups in total. The van der Waals surface area contributed by atoms with E-state index in [4.69, 9.17) is 0 Å². The molecule has 0 aromatic rings. The van der Waals surface area contributed by atoms with Gasteiger partial charge in [0.05, 0.1) is 0 Å². The fourth-order valence-electron chi connectivity index (χ4n) is 7.45. The maximum absolute atomic E-state index is 14.5. The first kappa shape index (κ1) is 20.3. The number of hydrogen-bond donors (Lipinski definition) is 1. The molecule has 158 valence electrons. The van der Waals surface area contributed by atoms with Gasteiger partial charge in [-0.15, -0.1) is 0 Å². The average Bonchev–Trinajstić information content (AvgIpc) is 2.95. The first-order chi connectivity index (χ1) is 13.0. The lowest BCUT2D eigenvalue weighted by molar-refractivity contribution is -0.365. The summed E-state index contributed by atoms with van der Waals surface area (Å²) in [5, 5.41) is 10.9. The number of aliphatic hydroxyl groups is 1. The van der Waals surface area contributed by atoms with E-state index in [9.17, 15) is 31.9 Å². The van der Waals surface area contributed by atoms with Crippen LogP contribution >= 0.6 is 0 Å². The molecule has 4 rings (SSSR count). The topological polar surface area (TPSA) is 37.3 Å². The Morgan fingerprint density at radius 3 is 2.39 bits per heavy atom. The van der Waals surface area contributed by atoms with Crippen molar-refractivity contribution in [1.29, 1.82) is 0 Å². The van der Waals surface area contributed by atoms with Crippen LogP contribution in [0.15, 0.2) is 11.6 Å². The van der Waals surface area contributed by atoms with Crippen molar-refractivity contribution in [3.63, 3.8) is 0 Å². The summed E-state index contributed by atoms with van der Waals surface area (Å²) in [7, 11) is 0. The summed E-state index contributed by atoms with van der Waals surface area (Å²) in [6.45, 7) is 1.64. The minimum atomic E-state index is -5.76. The van der Waals surface area contributed by atoms with Gasteiger partial charge < -0.3 is 5.11 Å². The third-order valence-corrected chi connectivity index (χ3v) is 8.66. The number of carbonyl (C=O) groups excluding carboxylic acids is 1. The molecule has 3 saturated carbocycles. The Labute approximate surface area is 161 Å². The molecule has 4 aliphatic rings. The highest BCUT2D eigenvalue weighted by molar-refractivity contribution is 5.91. The fraction of sp³-hybridized carbons (Fsp3) is 0.857. The van der Waals surface area contributed by atoms with Gasteiger partial charge in [0.1, 0.15) is 5.60 Å². The Kier molecular flexibility index (Phi) is 4.54. The van der Waals surface area contributed by atoms with Crippen molar-refractivity contribution >= 4 is 5.78 Å². The van der Waals surface area contributed by atoms with Crippen LogP contribution in [0.3, 0.4) is 0 Å². The number of fused-ring (bicyclic) bond motifs is 5. The molecular formula is C21H27F5O2. The van der Waals surface area contributed by atoms with Crippen molar-refractivity contribution in [1.82, 2.24) is 0 Å². The van der Waals surface area contributed by atoms with Crippen molar-refractivity contribution in [3.8, 4) is 0 Å². The first-order valence-electron chi connectivity index (χ1n) is 10.4. The van der Waals surface area contributed by atoms with Crippen molar-refractivity contribution in [2.45, 2.75) is 82.4 Å². The molecule has 2 nitrogen and oxygen atoms in total. The molecule has 0 bridgehead atoms. The fourth-order valence-corrected chi connectivity index (χ4v) is 7.45. The smallest absolute Gasteiger partial charge is 0.383 e. The van der Waals surface area contributed by atoms with Crippen LogP contribution in [0.4, 0.5) is 22.0 Å². The number of alkyl halides is 5. The van der Waals surface area contributed by atoms with Gasteiger partial charge in [-0.1, -0.05) is 12.5 Å². The van der Waals surface area contributed by atoms with Crippen molar-refractivity contribution in [2.24, 2.45) is 29.1 Å². The van der Waals surface area contributed by atoms with Crippen molar-refractivity contribution in [2.75, 3.05) is 0 Å². The minimum absolute atomic E-state index is 0.0436. The predicted molar refractivity (Wildman–Crippen MR) is 92.7 cm³/mol. The lowest BCUT2D eigenvalue weighted by Gasteiger charge is -2.57. The van der Waals surface area contributed by atoms with E-state index in [-0.39, 0.29) is 48.7 Å². The third-order valence-electron chi connectivity index (χ3n) is 8.66. The molecule has 0 spiro atoms. The van der Waals surface area contributed by atoms with Crippen LogP contribution in [0.1, 0.15) is 64.7 Å². The summed E-state index contributed by atoms with van der Waals surface area (Å²) in [5.41, 5.74) is -3.31. The summed E-state index contributed by atoms with van der Waals surface area (Å²) >= 11 is 0. The molecule has 6 atom stereocenters. The second-order valence-electron chi connectivity index (χ2n) is 9.32. The number of carbonyl (C=O) groups is 1. The highest BCUT2D eigenvalue weighted by Gasteiger charge is 2.79. The maximum atomic E-state index is 14.5. The van der Waals surface area contributed by atoms with E-state index in [0.717, 1.165) is 12.0 Å². The van der Waals surface area contributed by atoms with E-state index in [0.29, 0.717) is 25.7 Å². The Morgan fingerprint density at radius 2 is 1.75 bits per heavy atom. The molecule has 0 heterocycles. The van der Waals surface area contributed by atoms with Gasteiger partial charge in [0.15, 0.2) is 5.78 Å². The lowest BCUT2D eigenvalue weighted by atomic mass is 9.48. The van der Waals surface area contributed by atoms with Gasteiger partial charge in [0.25, 0.3) is 0 Å². The minimum Gasteiger partial charge on any atom is -0.383 e. The average molecular weight is 406 g/mol. The molecule has 3 fully saturated rings. The zero-order valence-electron chi connectivity index (χ0n) is 16.0. The van der Waals surface area contributed by atoms with Gasteiger partial charge in [-0.2, -0.15) is 22.0 Å². The number of ketones is 1. The van der Waals surface area contributed by atoms with E-state index in [2.05, 4.69) is 0 Å².